The van der Waals surface area contributed by atoms with Gasteiger partial charge in [0.25, 0.3) is 5.91 Å². The van der Waals surface area contributed by atoms with Gasteiger partial charge < -0.3 is 10.1 Å². The van der Waals surface area contributed by atoms with Gasteiger partial charge in [0.15, 0.2) is 0 Å². The molecule has 3 heterocycles. The lowest BCUT2D eigenvalue weighted by Gasteiger charge is -2.10. The predicted molar refractivity (Wildman–Crippen MR) is 86.3 cm³/mol. The van der Waals surface area contributed by atoms with Crippen LogP contribution >= 0.6 is 22.7 Å². The standard InChI is InChI=1S/C16H17NO2S2/c18-16(17-9-11-2-1-6-19-11)14-8-10-3-4-13-12(5-7-20-13)15(10)21-14/h5,7-8,11H,1-4,6,9H2,(H,17,18)/t11-/m1/s1. The first-order valence-corrected chi connectivity index (χ1v) is 9.10. The summed E-state index contributed by atoms with van der Waals surface area (Å²) >= 11 is 3.45. The lowest BCUT2D eigenvalue weighted by molar-refractivity contribution is 0.0861. The van der Waals surface area contributed by atoms with Crippen molar-refractivity contribution in [2.24, 2.45) is 0 Å². The molecule has 3 nitrogen and oxygen atoms in total. The second-order valence-corrected chi connectivity index (χ2v) is 7.62. The summed E-state index contributed by atoms with van der Waals surface area (Å²) in [5.41, 5.74) is 2.66. The van der Waals surface area contributed by atoms with E-state index in [4.69, 9.17) is 4.74 Å². The van der Waals surface area contributed by atoms with Gasteiger partial charge in [0, 0.05) is 28.5 Å². The second-order valence-electron chi connectivity index (χ2n) is 5.57. The Morgan fingerprint density at radius 3 is 3.24 bits per heavy atom. The van der Waals surface area contributed by atoms with Gasteiger partial charge in [-0.15, -0.1) is 22.7 Å². The summed E-state index contributed by atoms with van der Waals surface area (Å²) in [6, 6.07) is 4.26. The Labute approximate surface area is 132 Å². The van der Waals surface area contributed by atoms with E-state index in [0.717, 1.165) is 37.2 Å². The van der Waals surface area contributed by atoms with Crippen molar-refractivity contribution < 1.29 is 9.53 Å². The topological polar surface area (TPSA) is 38.3 Å². The Balaban J connectivity index is 1.50. The van der Waals surface area contributed by atoms with Crippen LogP contribution in [0.25, 0.3) is 10.4 Å². The average Bonchev–Trinajstić information content (AvgIpc) is 3.21. The van der Waals surface area contributed by atoms with Crippen molar-refractivity contribution in [2.75, 3.05) is 13.2 Å². The monoisotopic (exact) mass is 319 g/mol. The smallest absolute Gasteiger partial charge is 0.261 e. The molecule has 2 aromatic rings. The van der Waals surface area contributed by atoms with Crippen LogP contribution in [0, 0.1) is 0 Å². The highest BCUT2D eigenvalue weighted by molar-refractivity contribution is 7.18. The number of thiophene rings is 2. The van der Waals surface area contributed by atoms with Crippen molar-refractivity contribution in [2.45, 2.75) is 31.8 Å². The zero-order valence-corrected chi connectivity index (χ0v) is 13.3. The molecule has 1 aliphatic heterocycles. The molecule has 0 radical (unpaired) electrons. The van der Waals surface area contributed by atoms with Crippen LogP contribution in [0.4, 0.5) is 0 Å². The van der Waals surface area contributed by atoms with Crippen LogP contribution in [0.5, 0.6) is 0 Å². The number of carbonyl (C=O) groups excluding carboxylic acids is 1. The van der Waals surface area contributed by atoms with Crippen LogP contribution in [0.3, 0.4) is 0 Å². The van der Waals surface area contributed by atoms with Gasteiger partial charge in [0.05, 0.1) is 11.0 Å². The minimum Gasteiger partial charge on any atom is -0.376 e. The molecule has 1 amide bonds. The molecule has 0 bridgehead atoms. The van der Waals surface area contributed by atoms with Crippen LogP contribution in [0.2, 0.25) is 0 Å². The number of amides is 1. The van der Waals surface area contributed by atoms with Gasteiger partial charge in [-0.05, 0) is 48.8 Å². The quantitative estimate of drug-likeness (QED) is 0.940. The highest BCUT2D eigenvalue weighted by Crippen LogP contribution is 2.41. The number of nitrogens with one attached hydrogen (secondary N) is 1. The van der Waals surface area contributed by atoms with Crippen molar-refractivity contribution >= 4 is 28.6 Å². The fraction of sp³-hybridized carbons (Fsp3) is 0.438. The van der Waals surface area contributed by atoms with Crippen LogP contribution in [0.1, 0.15) is 33.0 Å². The molecule has 110 valence electrons. The highest BCUT2D eigenvalue weighted by Gasteiger charge is 2.23. The summed E-state index contributed by atoms with van der Waals surface area (Å²) in [6.07, 6.45) is 4.52. The van der Waals surface area contributed by atoms with Crippen molar-refractivity contribution in [3.8, 4) is 10.4 Å². The zero-order valence-electron chi connectivity index (χ0n) is 11.7. The highest BCUT2D eigenvalue weighted by atomic mass is 32.1. The number of fused-ring (bicyclic) bond motifs is 3. The van der Waals surface area contributed by atoms with E-state index in [-0.39, 0.29) is 12.0 Å². The third kappa shape index (κ3) is 2.54. The van der Waals surface area contributed by atoms with Gasteiger partial charge in [-0.1, -0.05) is 0 Å². The second kappa shape index (κ2) is 5.55. The summed E-state index contributed by atoms with van der Waals surface area (Å²) in [4.78, 5) is 15.9. The third-order valence-electron chi connectivity index (χ3n) is 4.16. The van der Waals surface area contributed by atoms with E-state index < -0.39 is 0 Å². The maximum Gasteiger partial charge on any atom is 0.261 e. The average molecular weight is 319 g/mol. The fourth-order valence-corrected chi connectivity index (χ4v) is 5.17. The van der Waals surface area contributed by atoms with E-state index in [9.17, 15) is 4.79 Å². The number of carbonyl (C=O) groups is 1. The summed E-state index contributed by atoms with van der Waals surface area (Å²) in [7, 11) is 0. The molecular weight excluding hydrogens is 302 g/mol. The fourth-order valence-electron chi connectivity index (χ4n) is 3.04. The van der Waals surface area contributed by atoms with E-state index in [0.29, 0.717) is 6.54 Å². The van der Waals surface area contributed by atoms with Gasteiger partial charge in [0.2, 0.25) is 0 Å². The first-order chi connectivity index (χ1) is 10.3. The number of ether oxygens (including phenoxy) is 1. The van der Waals surface area contributed by atoms with E-state index >= 15 is 0 Å². The molecule has 0 saturated carbocycles. The molecule has 5 heteroatoms. The molecule has 1 atom stereocenters. The number of aryl methyl sites for hydroxylation is 2. The molecule has 2 aromatic heterocycles. The minimum absolute atomic E-state index is 0.0432. The summed E-state index contributed by atoms with van der Waals surface area (Å²) in [5.74, 6) is 0.0432. The van der Waals surface area contributed by atoms with E-state index in [1.807, 2.05) is 11.3 Å². The Kier molecular flexibility index (Phi) is 3.57. The molecular formula is C16H17NO2S2. The van der Waals surface area contributed by atoms with Gasteiger partial charge in [-0.2, -0.15) is 0 Å². The maximum absolute atomic E-state index is 12.3. The van der Waals surface area contributed by atoms with Crippen LogP contribution in [-0.2, 0) is 17.6 Å². The molecule has 2 aliphatic rings. The lowest BCUT2D eigenvalue weighted by Crippen LogP contribution is -2.31. The summed E-state index contributed by atoms with van der Waals surface area (Å²) in [6.45, 7) is 1.46. The Bertz CT molecular complexity index is 668. The Hall–Kier alpha value is -1.17. The van der Waals surface area contributed by atoms with Crippen molar-refractivity contribution in [3.63, 3.8) is 0 Å². The molecule has 21 heavy (non-hydrogen) atoms. The molecule has 1 fully saturated rings. The molecule has 1 aliphatic carbocycles. The molecule has 4 rings (SSSR count). The predicted octanol–water partition coefficient (Wildman–Crippen LogP) is 3.48. The van der Waals surface area contributed by atoms with Gasteiger partial charge in [-0.3, -0.25) is 4.79 Å². The van der Waals surface area contributed by atoms with E-state index in [2.05, 4.69) is 22.8 Å². The number of hydrogen-bond acceptors (Lipinski definition) is 4. The van der Waals surface area contributed by atoms with Gasteiger partial charge in [0.1, 0.15) is 0 Å². The molecule has 0 aromatic carbocycles. The molecule has 0 spiro atoms. The van der Waals surface area contributed by atoms with E-state index in [1.54, 1.807) is 11.3 Å². The number of hydrogen-bond donors (Lipinski definition) is 1. The normalized spacial score (nSPS) is 20.1. The Morgan fingerprint density at radius 1 is 1.43 bits per heavy atom. The molecule has 1 N–H and O–H groups in total. The molecule has 1 saturated heterocycles. The summed E-state index contributed by atoms with van der Waals surface area (Å²) < 4.78 is 5.55. The minimum atomic E-state index is 0.0432. The largest absolute Gasteiger partial charge is 0.376 e. The van der Waals surface area contributed by atoms with Crippen molar-refractivity contribution in [1.29, 1.82) is 0 Å². The maximum atomic E-state index is 12.3. The first kappa shape index (κ1) is 13.5. The van der Waals surface area contributed by atoms with E-state index in [1.165, 1.54) is 20.9 Å². The van der Waals surface area contributed by atoms with Crippen molar-refractivity contribution in [3.05, 3.63) is 32.8 Å². The zero-order chi connectivity index (χ0) is 14.2. The summed E-state index contributed by atoms with van der Waals surface area (Å²) in [5, 5.41) is 5.17. The van der Waals surface area contributed by atoms with Crippen molar-refractivity contribution in [1.82, 2.24) is 5.32 Å². The third-order valence-corrected chi connectivity index (χ3v) is 6.35. The lowest BCUT2D eigenvalue weighted by atomic mass is 9.98. The van der Waals surface area contributed by atoms with Gasteiger partial charge >= 0.3 is 0 Å². The van der Waals surface area contributed by atoms with Gasteiger partial charge in [-0.25, -0.2) is 0 Å². The first-order valence-electron chi connectivity index (χ1n) is 7.40. The molecule has 0 unspecified atom stereocenters. The number of rotatable bonds is 3. The Morgan fingerprint density at radius 2 is 2.38 bits per heavy atom. The van der Waals surface area contributed by atoms with Crippen LogP contribution in [-0.4, -0.2) is 25.2 Å². The SMILES string of the molecule is O=C(NC[C@H]1CCCO1)c1cc2c(s1)-c1ccsc1CC2. The van der Waals surface area contributed by atoms with Crippen LogP contribution in [0.15, 0.2) is 17.5 Å². The van der Waals surface area contributed by atoms with Crippen LogP contribution < -0.4 is 5.32 Å².